The number of hydrogen-bond acceptors (Lipinski definition) is 7. The first kappa shape index (κ1) is 17.9. The Morgan fingerprint density at radius 3 is 2.72 bits per heavy atom. The highest BCUT2D eigenvalue weighted by Crippen LogP contribution is 2.38. The van der Waals surface area contributed by atoms with Crippen molar-refractivity contribution >= 4 is 45.7 Å². The molecule has 0 aliphatic heterocycles. The molecule has 3 aromatic heterocycles. The lowest BCUT2D eigenvalue weighted by atomic mass is 10.1. The molecule has 0 fully saturated rings. The van der Waals surface area contributed by atoms with E-state index in [-0.39, 0.29) is 0 Å². The van der Waals surface area contributed by atoms with E-state index in [9.17, 15) is 0 Å². The third-order valence-electron chi connectivity index (χ3n) is 4.40. The standard InChI is InChI=1S/C22H16N4OS2/c1-2-6-16(7-3-1)24-22-26-25-21(27-22)20-19(11-13-28-20)29-14-15-10-12-23-18-9-5-4-8-17(15)18/h1-13H,14H2,(H,24,26). The summed E-state index contributed by atoms with van der Waals surface area (Å²) in [6.07, 6.45) is 1.87. The fourth-order valence-electron chi connectivity index (χ4n) is 3.01. The van der Waals surface area contributed by atoms with Crippen LogP contribution in [0, 0.1) is 0 Å². The number of aromatic nitrogens is 3. The van der Waals surface area contributed by atoms with E-state index in [0.29, 0.717) is 11.9 Å². The zero-order valence-electron chi connectivity index (χ0n) is 15.3. The molecular formula is C22H16N4OS2. The van der Waals surface area contributed by atoms with Crippen molar-refractivity contribution in [3.8, 4) is 10.8 Å². The molecule has 0 atom stereocenters. The summed E-state index contributed by atoms with van der Waals surface area (Å²) >= 11 is 3.37. The highest BCUT2D eigenvalue weighted by molar-refractivity contribution is 7.98. The van der Waals surface area contributed by atoms with Gasteiger partial charge in [0.25, 0.3) is 5.89 Å². The number of anilines is 2. The van der Waals surface area contributed by atoms with Gasteiger partial charge < -0.3 is 9.73 Å². The predicted molar refractivity (Wildman–Crippen MR) is 119 cm³/mol. The number of benzene rings is 2. The number of rotatable bonds is 6. The summed E-state index contributed by atoms with van der Waals surface area (Å²) in [5, 5.41) is 14.7. The van der Waals surface area contributed by atoms with Gasteiger partial charge in [0.2, 0.25) is 0 Å². The van der Waals surface area contributed by atoms with E-state index in [2.05, 4.69) is 44.1 Å². The minimum Gasteiger partial charge on any atom is -0.402 e. The molecule has 5 rings (SSSR count). The van der Waals surface area contributed by atoms with Gasteiger partial charge in [-0.25, -0.2) is 0 Å². The molecule has 0 bridgehead atoms. The van der Waals surface area contributed by atoms with E-state index in [1.807, 2.05) is 54.7 Å². The van der Waals surface area contributed by atoms with Gasteiger partial charge in [-0.3, -0.25) is 4.98 Å². The smallest absolute Gasteiger partial charge is 0.320 e. The summed E-state index contributed by atoms with van der Waals surface area (Å²) in [5.41, 5.74) is 3.19. The molecule has 0 saturated heterocycles. The van der Waals surface area contributed by atoms with Gasteiger partial charge in [0.05, 0.1) is 5.52 Å². The maximum atomic E-state index is 5.85. The van der Waals surface area contributed by atoms with Crippen LogP contribution in [-0.4, -0.2) is 15.2 Å². The molecule has 5 nitrogen and oxygen atoms in total. The maximum Gasteiger partial charge on any atom is 0.320 e. The minimum atomic E-state index is 0.385. The zero-order valence-corrected chi connectivity index (χ0v) is 16.9. The normalized spacial score (nSPS) is 11.0. The Kier molecular flexibility index (Phi) is 4.98. The molecule has 5 aromatic rings. The average Bonchev–Trinajstić information content (AvgIpc) is 3.42. The fourth-order valence-corrected chi connectivity index (χ4v) is 5.07. The van der Waals surface area contributed by atoms with E-state index in [4.69, 9.17) is 4.42 Å². The maximum absolute atomic E-state index is 5.85. The van der Waals surface area contributed by atoms with Gasteiger partial charge >= 0.3 is 6.01 Å². The number of nitrogens with zero attached hydrogens (tertiary/aromatic N) is 3. The van der Waals surface area contributed by atoms with Crippen LogP contribution in [0.3, 0.4) is 0 Å². The summed E-state index contributed by atoms with van der Waals surface area (Å²) in [7, 11) is 0. The molecule has 0 radical (unpaired) electrons. The van der Waals surface area contributed by atoms with Crippen LogP contribution in [0.5, 0.6) is 0 Å². The minimum absolute atomic E-state index is 0.385. The van der Waals surface area contributed by atoms with Crippen molar-refractivity contribution < 1.29 is 4.42 Å². The number of thioether (sulfide) groups is 1. The summed E-state index contributed by atoms with van der Waals surface area (Å²) in [4.78, 5) is 6.56. The molecule has 3 heterocycles. The van der Waals surface area contributed by atoms with Crippen molar-refractivity contribution in [1.82, 2.24) is 15.2 Å². The first-order valence-corrected chi connectivity index (χ1v) is 10.9. The van der Waals surface area contributed by atoms with Crippen molar-refractivity contribution in [3.05, 3.63) is 83.9 Å². The second kappa shape index (κ2) is 8.06. The Morgan fingerprint density at radius 1 is 0.931 bits per heavy atom. The third kappa shape index (κ3) is 3.87. The van der Waals surface area contributed by atoms with Gasteiger partial charge in [-0.05, 0) is 41.3 Å². The average molecular weight is 417 g/mol. The first-order valence-electron chi connectivity index (χ1n) is 9.06. The van der Waals surface area contributed by atoms with Crippen LogP contribution in [0.25, 0.3) is 21.7 Å². The van der Waals surface area contributed by atoms with Gasteiger partial charge in [-0.2, -0.15) is 0 Å². The molecule has 0 spiro atoms. The van der Waals surface area contributed by atoms with Gasteiger partial charge in [-0.15, -0.1) is 28.2 Å². The van der Waals surface area contributed by atoms with Crippen LogP contribution in [0.2, 0.25) is 0 Å². The molecule has 29 heavy (non-hydrogen) atoms. The quantitative estimate of drug-likeness (QED) is 0.324. The highest BCUT2D eigenvalue weighted by Gasteiger charge is 2.15. The Balaban J connectivity index is 1.35. The van der Waals surface area contributed by atoms with Crippen LogP contribution in [-0.2, 0) is 5.75 Å². The summed E-state index contributed by atoms with van der Waals surface area (Å²) < 4.78 is 5.85. The second-order valence-corrected chi connectivity index (χ2v) is 8.23. The molecule has 0 aliphatic rings. The largest absolute Gasteiger partial charge is 0.402 e. The predicted octanol–water partition coefficient (Wildman–Crippen LogP) is 6.38. The molecule has 0 saturated carbocycles. The van der Waals surface area contributed by atoms with Gasteiger partial charge in [0.1, 0.15) is 4.88 Å². The first-order chi connectivity index (χ1) is 14.4. The Hall–Kier alpha value is -3.16. The van der Waals surface area contributed by atoms with Gasteiger partial charge in [0, 0.05) is 27.9 Å². The lowest BCUT2D eigenvalue weighted by Crippen LogP contribution is -1.88. The van der Waals surface area contributed by atoms with Crippen molar-refractivity contribution in [2.24, 2.45) is 0 Å². The summed E-state index contributed by atoms with van der Waals surface area (Å²) in [5.74, 6) is 1.37. The van der Waals surface area contributed by atoms with Crippen LogP contribution in [0.1, 0.15) is 5.56 Å². The molecule has 0 unspecified atom stereocenters. The van der Waals surface area contributed by atoms with Gasteiger partial charge in [0.15, 0.2) is 0 Å². The van der Waals surface area contributed by atoms with Crippen LogP contribution in [0.4, 0.5) is 11.7 Å². The molecule has 142 valence electrons. The number of fused-ring (bicyclic) bond motifs is 1. The molecule has 0 amide bonds. The number of pyridine rings is 1. The van der Waals surface area contributed by atoms with E-state index in [1.54, 1.807) is 23.1 Å². The monoisotopic (exact) mass is 416 g/mol. The van der Waals surface area contributed by atoms with Crippen molar-refractivity contribution in [1.29, 1.82) is 0 Å². The fraction of sp³-hybridized carbons (Fsp3) is 0.0455. The SMILES string of the molecule is c1ccc(Nc2nnc(-c3sccc3SCc3ccnc4ccccc34)o2)cc1. The highest BCUT2D eigenvalue weighted by atomic mass is 32.2. The number of para-hydroxylation sites is 2. The Morgan fingerprint density at radius 2 is 1.79 bits per heavy atom. The van der Waals surface area contributed by atoms with Gasteiger partial charge in [-0.1, -0.05) is 41.5 Å². The van der Waals surface area contributed by atoms with E-state index < -0.39 is 0 Å². The molecule has 2 aromatic carbocycles. The van der Waals surface area contributed by atoms with Crippen LogP contribution < -0.4 is 5.32 Å². The van der Waals surface area contributed by atoms with E-state index in [1.165, 1.54) is 10.9 Å². The van der Waals surface area contributed by atoms with E-state index >= 15 is 0 Å². The van der Waals surface area contributed by atoms with Crippen LogP contribution >= 0.6 is 23.1 Å². The zero-order chi connectivity index (χ0) is 19.5. The van der Waals surface area contributed by atoms with Crippen molar-refractivity contribution in [2.45, 2.75) is 10.6 Å². The van der Waals surface area contributed by atoms with E-state index in [0.717, 1.165) is 26.7 Å². The third-order valence-corrected chi connectivity index (χ3v) is 6.53. The molecular weight excluding hydrogens is 400 g/mol. The number of nitrogens with one attached hydrogen (secondary N) is 1. The van der Waals surface area contributed by atoms with Crippen LogP contribution in [0.15, 0.2) is 87.6 Å². The lowest BCUT2D eigenvalue weighted by molar-refractivity contribution is 0.588. The molecule has 0 aliphatic carbocycles. The molecule has 7 heteroatoms. The van der Waals surface area contributed by atoms with Crippen molar-refractivity contribution in [3.63, 3.8) is 0 Å². The number of thiophene rings is 1. The molecule has 1 N–H and O–H groups in total. The summed E-state index contributed by atoms with van der Waals surface area (Å²) in [6.45, 7) is 0. The second-order valence-electron chi connectivity index (χ2n) is 6.29. The number of hydrogen-bond donors (Lipinski definition) is 1. The Bertz CT molecular complexity index is 1240. The van der Waals surface area contributed by atoms with Crippen molar-refractivity contribution in [2.75, 3.05) is 5.32 Å². The Labute approximate surface area is 175 Å². The lowest BCUT2D eigenvalue weighted by Gasteiger charge is -2.06. The topological polar surface area (TPSA) is 63.8 Å². The summed E-state index contributed by atoms with van der Waals surface area (Å²) in [6, 6.07) is 22.6.